The Kier molecular flexibility index (Phi) is 8.08. The fraction of sp³-hybridized carbons (Fsp3) is 0.471. The SMILES string of the molecule is COc1cnc(C(N)=O)cc1/C=C/[C@H]1CC[C@H](C(F)(F)F)CC1.O=CO. The van der Waals surface area contributed by atoms with Gasteiger partial charge >= 0.3 is 6.18 Å². The molecule has 0 saturated heterocycles. The number of carboxylic acid groups (broad SMARTS) is 1. The van der Waals surface area contributed by atoms with Gasteiger partial charge in [-0.1, -0.05) is 12.2 Å². The van der Waals surface area contributed by atoms with Crippen molar-refractivity contribution in [1.82, 2.24) is 4.98 Å². The zero-order chi connectivity index (χ0) is 19.7. The van der Waals surface area contributed by atoms with Crippen LogP contribution in [0.4, 0.5) is 13.2 Å². The summed E-state index contributed by atoms with van der Waals surface area (Å²) in [5, 5.41) is 6.89. The topological polar surface area (TPSA) is 103 Å². The largest absolute Gasteiger partial charge is 0.495 e. The molecule has 0 unspecified atom stereocenters. The summed E-state index contributed by atoms with van der Waals surface area (Å²) in [7, 11) is 1.48. The van der Waals surface area contributed by atoms with Crippen LogP contribution in [0.3, 0.4) is 0 Å². The van der Waals surface area contributed by atoms with Crippen LogP contribution < -0.4 is 10.5 Å². The number of nitrogens with two attached hydrogens (primary N) is 1. The van der Waals surface area contributed by atoms with Crippen molar-refractivity contribution in [2.24, 2.45) is 17.6 Å². The number of methoxy groups -OCH3 is 1. The first-order valence-electron chi connectivity index (χ1n) is 7.89. The van der Waals surface area contributed by atoms with Gasteiger partial charge in [-0.15, -0.1) is 0 Å². The normalized spacial score (nSPS) is 20.2. The highest BCUT2D eigenvalue weighted by atomic mass is 19.4. The van der Waals surface area contributed by atoms with Gasteiger partial charge in [0.1, 0.15) is 11.4 Å². The smallest absolute Gasteiger partial charge is 0.391 e. The minimum atomic E-state index is -4.10. The molecule has 6 nitrogen and oxygen atoms in total. The summed E-state index contributed by atoms with van der Waals surface area (Å²) in [5.74, 6) is -1.27. The predicted octanol–water partition coefficient (Wildman–Crippen LogP) is 3.27. The maximum absolute atomic E-state index is 12.7. The summed E-state index contributed by atoms with van der Waals surface area (Å²) in [6.45, 7) is -0.250. The van der Waals surface area contributed by atoms with Crippen LogP contribution >= 0.6 is 0 Å². The zero-order valence-electron chi connectivity index (χ0n) is 14.2. The molecule has 0 aliphatic heterocycles. The van der Waals surface area contributed by atoms with Gasteiger partial charge in [-0.3, -0.25) is 9.59 Å². The van der Waals surface area contributed by atoms with Gasteiger partial charge in [0.2, 0.25) is 0 Å². The lowest BCUT2D eigenvalue weighted by Gasteiger charge is -2.28. The summed E-state index contributed by atoms with van der Waals surface area (Å²) in [4.78, 5) is 23.4. The van der Waals surface area contributed by atoms with Gasteiger partial charge in [0.15, 0.2) is 0 Å². The second-order valence-electron chi connectivity index (χ2n) is 5.79. The van der Waals surface area contributed by atoms with E-state index >= 15 is 0 Å². The van der Waals surface area contributed by atoms with Crippen molar-refractivity contribution < 1.29 is 32.6 Å². The Labute approximate surface area is 148 Å². The van der Waals surface area contributed by atoms with Gasteiger partial charge < -0.3 is 15.6 Å². The third-order valence-corrected chi connectivity index (χ3v) is 4.15. The molecule has 1 aliphatic rings. The number of aromatic nitrogens is 1. The molecule has 1 saturated carbocycles. The monoisotopic (exact) mass is 374 g/mol. The van der Waals surface area contributed by atoms with Crippen molar-refractivity contribution >= 4 is 18.5 Å². The molecule has 0 atom stereocenters. The minimum absolute atomic E-state index is 0.0866. The van der Waals surface area contributed by atoms with E-state index in [4.69, 9.17) is 20.4 Å². The molecule has 0 spiro atoms. The number of rotatable bonds is 4. The van der Waals surface area contributed by atoms with Crippen LogP contribution in [0, 0.1) is 11.8 Å². The molecule has 0 aromatic carbocycles. The van der Waals surface area contributed by atoms with Crippen molar-refractivity contribution in [3.05, 3.63) is 29.6 Å². The zero-order valence-corrected chi connectivity index (χ0v) is 14.2. The van der Waals surface area contributed by atoms with E-state index in [0.29, 0.717) is 24.2 Å². The number of primary amides is 1. The van der Waals surface area contributed by atoms with E-state index in [1.807, 2.05) is 6.08 Å². The van der Waals surface area contributed by atoms with E-state index in [2.05, 4.69) is 4.98 Å². The minimum Gasteiger partial charge on any atom is -0.495 e. The average Bonchev–Trinajstić information content (AvgIpc) is 2.60. The number of halogens is 3. The number of alkyl halides is 3. The molecular weight excluding hydrogens is 353 g/mol. The maximum Gasteiger partial charge on any atom is 0.391 e. The van der Waals surface area contributed by atoms with Crippen molar-refractivity contribution in [2.45, 2.75) is 31.9 Å². The van der Waals surface area contributed by atoms with E-state index in [9.17, 15) is 18.0 Å². The highest BCUT2D eigenvalue weighted by molar-refractivity contribution is 5.91. The number of hydrogen-bond acceptors (Lipinski definition) is 4. The Morgan fingerprint density at radius 3 is 2.38 bits per heavy atom. The van der Waals surface area contributed by atoms with Gasteiger partial charge in [0.25, 0.3) is 12.4 Å². The molecule has 9 heteroatoms. The lowest BCUT2D eigenvalue weighted by molar-refractivity contribution is -0.183. The van der Waals surface area contributed by atoms with Crippen LogP contribution in [0.1, 0.15) is 41.7 Å². The van der Waals surface area contributed by atoms with Crippen LogP contribution in [0.2, 0.25) is 0 Å². The number of allylic oxidation sites excluding steroid dienone is 1. The number of hydrogen-bond donors (Lipinski definition) is 2. The van der Waals surface area contributed by atoms with Crippen molar-refractivity contribution in [3.8, 4) is 5.75 Å². The van der Waals surface area contributed by atoms with Gasteiger partial charge in [0.05, 0.1) is 19.2 Å². The van der Waals surface area contributed by atoms with E-state index in [0.717, 1.165) is 0 Å². The second-order valence-corrected chi connectivity index (χ2v) is 5.79. The molecule has 1 fully saturated rings. The predicted molar refractivity (Wildman–Crippen MR) is 88.5 cm³/mol. The number of pyridine rings is 1. The Morgan fingerprint density at radius 2 is 1.92 bits per heavy atom. The van der Waals surface area contributed by atoms with Crippen molar-refractivity contribution in [2.75, 3.05) is 7.11 Å². The van der Waals surface area contributed by atoms with Gasteiger partial charge in [-0.05, 0) is 37.7 Å². The van der Waals surface area contributed by atoms with E-state index < -0.39 is 18.0 Å². The van der Waals surface area contributed by atoms with Crippen LogP contribution in [0.25, 0.3) is 6.08 Å². The van der Waals surface area contributed by atoms with Gasteiger partial charge in [0, 0.05) is 5.56 Å². The second kappa shape index (κ2) is 9.79. The average molecular weight is 374 g/mol. The lowest BCUT2D eigenvalue weighted by atomic mass is 9.81. The molecule has 0 bridgehead atoms. The van der Waals surface area contributed by atoms with Crippen LogP contribution in [0.5, 0.6) is 5.75 Å². The molecule has 1 amide bonds. The third kappa shape index (κ3) is 6.38. The summed E-state index contributed by atoms with van der Waals surface area (Å²) in [6.07, 6.45) is 2.23. The number of carbonyl (C=O) groups is 2. The molecule has 1 aromatic rings. The molecular formula is C17H21F3N2O4. The van der Waals surface area contributed by atoms with Crippen LogP contribution in [-0.2, 0) is 4.79 Å². The molecule has 1 heterocycles. The standard InChI is InChI=1S/C16H19F3N2O2.CH2O2/c1-23-14-9-21-13(15(20)22)8-11(14)5-2-10-3-6-12(7-4-10)16(17,18)19;2-1-3/h2,5,8-10,12H,3-4,6-7H2,1H3,(H2,20,22);1H,(H,2,3)/b5-2+;/t10-,12-;. The number of amides is 1. The number of ether oxygens (including phenoxy) is 1. The quantitative estimate of drug-likeness (QED) is 0.788. The first-order valence-corrected chi connectivity index (χ1v) is 7.89. The number of carbonyl (C=O) groups excluding carboxylic acids is 1. The highest BCUT2D eigenvalue weighted by Crippen LogP contribution is 2.40. The molecule has 0 radical (unpaired) electrons. The summed E-state index contributed by atoms with van der Waals surface area (Å²) >= 11 is 0. The Bertz CT molecular complexity index is 639. The van der Waals surface area contributed by atoms with Crippen molar-refractivity contribution in [1.29, 1.82) is 0 Å². The fourth-order valence-corrected chi connectivity index (χ4v) is 2.77. The van der Waals surface area contributed by atoms with Gasteiger partial charge in [-0.25, -0.2) is 4.98 Å². The van der Waals surface area contributed by atoms with E-state index in [1.54, 1.807) is 6.08 Å². The molecule has 2 rings (SSSR count). The first kappa shape index (κ1) is 21.5. The Balaban J connectivity index is 0.00000105. The van der Waals surface area contributed by atoms with E-state index in [1.165, 1.54) is 19.4 Å². The summed E-state index contributed by atoms with van der Waals surface area (Å²) < 4.78 is 43.1. The number of nitrogens with zero attached hydrogens (tertiary/aromatic N) is 1. The van der Waals surface area contributed by atoms with E-state index in [-0.39, 0.29) is 30.9 Å². The van der Waals surface area contributed by atoms with Crippen LogP contribution in [-0.4, -0.2) is 35.8 Å². The molecule has 1 aromatic heterocycles. The van der Waals surface area contributed by atoms with Gasteiger partial charge in [-0.2, -0.15) is 13.2 Å². The van der Waals surface area contributed by atoms with Crippen molar-refractivity contribution in [3.63, 3.8) is 0 Å². The Morgan fingerprint density at radius 1 is 1.35 bits per heavy atom. The third-order valence-electron chi connectivity index (χ3n) is 4.15. The molecule has 1 aliphatic carbocycles. The fourth-order valence-electron chi connectivity index (χ4n) is 2.77. The molecule has 26 heavy (non-hydrogen) atoms. The molecule has 144 valence electrons. The Hall–Kier alpha value is -2.58. The summed E-state index contributed by atoms with van der Waals surface area (Å²) in [6, 6.07) is 1.51. The maximum atomic E-state index is 12.7. The molecule has 3 N–H and O–H groups in total. The van der Waals surface area contributed by atoms with Crippen LogP contribution in [0.15, 0.2) is 18.3 Å². The highest BCUT2D eigenvalue weighted by Gasteiger charge is 2.40. The first-order chi connectivity index (χ1) is 12.2. The summed E-state index contributed by atoms with van der Waals surface area (Å²) in [5.41, 5.74) is 5.95. The lowest BCUT2D eigenvalue weighted by Crippen LogP contribution is -2.27.